The first-order chi connectivity index (χ1) is 10.1. The molecule has 1 saturated heterocycles. The Bertz CT molecular complexity index is 553. The van der Waals surface area contributed by atoms with Crippen LogP contribution in [0.4, 0.5) is 0 Å². The Morgan fingerprint density at radius 1 is 1.52 bits per heavy atom. The van der Waals surface area contributed by atoms with Gasteiger partial charge in [-0.1, -0.05) is 12.1 Å². The van der Waals surface area contributed by atoms with Gasteiger partial charge in [0.15, 0.2) is 0 Å². The first kappa shape index (κ1) is 15.3. The Labute approximate surface area is 125 Å². The largest absolute Gasteiger partial charge is 0.491 e. The molecule has 1 aliphatic rings. The highest BCUT2D eigenvalue weighted by atomic mass is 16.5. The summed E-state index contributed by atoms with van der Waals surface area (Å²) in [5.74, 6) is 0.717. The van der Waals surface area contributed by atoms with Crippen molar-refractivity contribution in [1.29, 1.82) is 5.26 Å². The lowest BCUT2D eigenvalue weighted by Gasteiger charge is -2.22. The minimum Gasteiger partial charge on any atom is -0.491 e. The number of hydrogen-bond acceptors (Lipinski definition) is 4. The number of hydrogen-bond donors (Lipinski definition) is 1. The summed E-state index contributed by atoms with van der Waals surface area (Å²) in [4.78, 5) is 14.1. The molecule has 1 heterocycles. The van der Waals surface area contributed by atoms with Crippen LogP contribution in [0, 0.1) is 16.7 Å². The minimum absolute atomic E-state index is 0.0979. The minimum atomic E-state index is -0.306. The van der Waals surface area contributed by atoms with Crippen LogP contribution in [0.5, 0.6) is 5.75 Å². The van der Waals surface area contributed by atoms with Crippen molar-refractivity contribution in [2.75, 3.05) is 33.3 Å². The molecule has 1 amide bonds. The van der Waals surface area contributed by atoms with Crippen molar-refractivity contribution in [3.63, 3.8) is 0 Å². The molecule has 112 valence electrons. The molecule has 0 aliphatic carbocycles. The number of amides is 1. The molecule has 1 aromatic rings. The summed E-state index contributed by atoms with van der Waals surface area (Å²) in [5, 5.41) is 11.7. The van der Waals surface area contributed by atoms with E-state index < -0.39 is 0 Å². The van der Waals surface area contributed by atoms with Gasteiger partial charge < -0.3 is 10.1 Å². The van der Waals surface area contributed by atoms with E-state index in [4.69, 9.17) is 10.00 Å². The summed E-state index contributed by atoms with van der Waals surface area (Å²) in [6, 6.07) is 9.34. The molecule has 1 N–H and O–H groups in total. The van der Waals surface area contributed by atoms with E-state index in [1.165, 1.54) is 0 Å². The average molecular weight is 287 g/mol. The zero-order chi connectivity index (χ0) is 15.3. The quantitative estimate of drug-likeness (QED) is 0.889. The molecule has 0 bridgehead atoms. The van der Waals surface area contributed by atoms with Crippen LogP contribution < -0.4 is 10.1 Å². The molecule has 0 spiro atoms. The number of carbonyl (C=O) groups is 1. The summed E-state index contributed by atoms with van der Waals surface area (Å²) < 4.78 is 5.68. The van der Waals surface area contributed by atoms with Crippen molar-refractivity contribution < 1.29 is 9.53 Å². The standard InChI is InChI=1S/C16H21N3O2/c1-16(15(20)18-2)7-8-19(12-16)9-10-21-14-6-4-3-5-13(14)11-17/h3-6H,7-10,12H2,1-2H3,(H,18,20). The molecule has 1 aliphatic heterocycles. The van der Waals surface area contributed by atoms with Crippen LogP contribution in [-0.2, 0) is 4.79 Å². The normalized spacial score (nSPS) is 21.8. The first-order valence-corrected chi connectivity index (χ1v) is 7.15. The molecule has 21 heavy (non-hydrogen) atoms. The van der Waals surface area contributed by atoms with Crippen LogP contribution in [0.3, 0.4) is 0 Å². The van der Waals surface area contributed by atoms with Crippen LogP contribution in [0.15, 0.2) is 24.3 Å². The third-order valence-electron chi connectivity index (χ3n) is 4.00. The Balaban J connectivity index is 1.83. The number of rotatable bonds is 5. The van der Waals surface area contributed by atoms with E-state index in [0.717, 1.165) is 26.1 Å². The van der Waals surface area contributed by atoms with Crippen molar-refractivity contribution in [1.82, 2.24) is 10.2 Å². The van der Waals surface area contributed by atoms with Gasteiger partial charge in [0.05, 0.1) is 11.0 Å². The summed E-state index contributed by atoms with van der Waals surface area (Å²) in [7, 11) is 1.68. The maximum atomic E-state index is 11.9. The first-order valence-electron chi connectivity index (χ1n) is 7.15. The fourth-order valence-corrected chi connectivity index (χ4v) is 2.70. The van der Waals surface area contributed by atoms with Crippen molar-refractivity contribution in [2.45, 2.75) is 13.3 Å². The lowest BCUT2D eigenvalue weighted by Crippen LogP contribution is -2.39. The molecular formula is C16H21N3O2. The van der Waals surface area contributed by atoms with Gasteiger partial charge in [0.1, 0.15) is 18.4 Å². The van der Waals surface area contributed by atoms with Gasteiger partial charge >= 0.3 is 0 Å². The molecule has 0 saturated carbocycles. The van der Waals surface area contributed by atoms with Crippen molar-refractivity contribution in [3.05, 3.63) is 29.8 Å². The van der Waals surface area contributed by atoms with Crippen LogP contribution in [-0.4, -0.2) is 44.1 Å². The third-order valence-corrected chi connectivity index (χ3v) is 4.00. The van der Waals surface area contributed by atoms with Gasteiger partial charge in [-0.3, -0.25) is 9.69 Å². The molecule has 1 fully saturated rings. The molecule has 0 aromatic heterocycles. The lowest BCUT2D eigenvalue weighted by atomic mass is 9.89. The summed E-state index contributed by atoms with van der Waals surface area (Å²) in [5.41, 5.74) is 0.244. The summed E-state index contributed by atoms with van der Waals surface area (Å²) >= 11 is 0. The van der Waals surface area contributed by atoms with Gasteiger partial charge in [-0.05, 0) is 32.0 Å². The number of nitriles is 1. The second kappa shape index (κ2) is 6.59. The van der Waals surface area contributed by atoms with Crippen molar-refractivity contribution >= 4 is 5.91 Å². The Kier molecular flexibility index (Phi) is 4.81. The van der Waals surface area contributed by atoms with Crippen molar-refractivity contribution in [3.8, 4) is 11.8 Å². The van der Waals surface area contributed by atoms with Gasteiger partial charge in [-0.15, -0.1) is 0 Å². The fraction of sp³-hybridized carbons (Fsp3) is 0.500. The molecule has 5 heteroatoms. The Hall–Kier alpha value is -2.06. The number of ether oxygens (including phenoxy) is 1. The van der Waals surface area contributed by atoms with E-state index in [9.17, 15) is 4.79 Å². The van der Waals surface area contributed by atoms with Crippen LogP contribution in [0.1, 0.15) is 18.9 Å². The number of benzene rings is 1. The van der Waals surface area contributed by atoms with Gasteiger partial charge in [0.25, 0.3) is 0 Å². The van der Waals surface area contributed by atoms with Gasteiger partial charge in [0.2, 0.25) is 5.91 Å². The second-order valence-electron chi connectivity index (χ2n) is 5.62. The SMILES string of the molecule is CNC(=O)C1(C)CCN(CCOc2ccccc2C#N)C1. The van der Waals surface area contributed by atoms with E-state index in [1.54, 1.807) is 19.2 Å². The third kappa shape index (κ3) is 3.53. The predicted molar refractivity (Wildman–Crippen MR) is 79.9 cm³/mol. The number of likely N-dealkylation sites (tertiary alicyclic amines) is 1. The monoisotopic (exact) mass is 287 g/mol. The lowest BCUT2D eigenvalue weighted by molar-refractivity contribution is -0.129. The number of nitrogens with zero attached hydrogens (tertiary/aromatic N) is 2. The molecule has 2 rings (SSSR count). The Morgan fingerprint density at radius 2 is 2.29 bits per heavy atom. The molecule has 0 radical (unpaired) electrons. The maximum Gasteiger partial charge on any atom is 0.227 e. The summed E-state index contributed by atoms with van der Waals surface area (Å²) in [6.07, 6.45) is 0.863. The molecular weight excluding hydrogens is 266 g/mol. The average Bonchev–Trinajstić information content (AvgIpc) is 2.89. The fourth-order valence-electron chi connectivity index (χ4n) is 2.70. The van der Waals surface area contributed by atoms with E-state index in [2.05, 4.69) is 16.3 Å². The van der Waals surface area contributed by atoms with Crippen molar-refractivity contribution in [2.24, 2.45) is 5.41 Å². The van der Waals surface area contributed by atoms with Gasteiger partial charge in [-0.2, -0.15) is 5.26 Å². The van der Waals surface area contributed by atoms with E-state index in [-0.39, 0.29) is 11.3 Å². The molecule has 1 aromatic carbocycles. The van der Waals surface area contributed by atoms with E-state index in [1.807, 2.05) is 19.1 Å². The zero-order valence-electron chi connectivity index (χ0n) is 12.6. The highest BCUT2D eigenvalue weighted by Gasteiger charge is 2.39. The predicted octanol–water partition coefficient (Wildman–Crippen LogP) is 1.40. The van der Waals surface area contributed by atoms with Gasteiger partial charge in [-0.25, -0.2) is 0 Å². The molecule has 5 nitrogen and oxygen atoms in total. The number of nitrogens with one attached hydrogen (secondary N) is 1. The topological polar surface area (TPSA) is 65.4 Å². The van der Waals surface area contributed by atoms with Crippen LogP contribution in [0.25, 0.3) is 0 Å². The second-order valence-corrected chi connectivity index (χ2v) is 5.62. The van der Waals surface area contributed by atoms with E-state index >= 15 is 0 Å². The maximum absolute atomic E-state index is 11.9. The van der Waals surface area contributed by atoms with Gasteiger partial charge in [0, 0.05) is 20.1 Å². The molecule has 1 unspecified atom stereocenters. The van der Waals surface area contributed by atoms with E-state index in [0.29, 0.717) is 17.9 Å². The molecule has 1 atom stereocenters. The Morgan fingerprint density at radius 3 is 3.00 bits per heavy atom. The zero-order valence-corrected chi connectivity index (χ0v) is 12.6. The smallest absolute Gasteiger partial charge is 0.227 e. The highest BCUT2D eigenvalue weighted by Crippen LogP contribution is 2.29. The number of para-hydroxylation sites is 1. The van der Waals surface area contributed by atoms with Crippen LogP contribution >= 0.6 is 0 Å². The van der Waals surface area contributed by atoms with Crippen LogP contribution in [0.2, 0.25) is 0 Å². The highest BCUT2D eigenvalue weighted by molar-refractivity contribution is 5.82. The number of carbonyl (C=O) groups excluding carboxylic acids is 1. The summed E-state index contributed by atoms with van der Waals surface area (Å²) in [6.45, 7) is 4.91.